The van der Waals surface area contributed by atoms with E-state index in [-0.39, 0.29) is 5.91 Å². The molecule has 2 aliphatic rings. The molecule has 151 valence electrons. The van der Waals surface area contributed by atoms with Crippen molar-refractivity contribution >= 4 is 11.8 Å². The Balaban J connectivity index is 1.28. The number of rotatable bonds is 6. The number of likely N-dealkylation sites (tertiary alicyclic amines) is 2. The van der Waals surface area contributed by atoms with Crippen LogP contribution in [0.1, 0.15) is 38.3 Å². The van der Waals surface area contributed by atoms with Crippen LogP contribution in [-0.2, 0) is 0 Å². The van der Waals surface area contributed by atoms with Crippen LogP contribution < -0.4 is 5.73 Å². The van der Waals surface area contributed by atoms with Crippen LogP contribution in [0.5, 0.6) is 0 Å². The number of hydrogen-bond donors (Lipinski definition) is 1. The Kier molecular flexibility index (Phi) is 5.67. The molecule has 2 aromatic rings. The quantitative estimate of drug-likeness (QED) is 0.825. The van der Waals surface area contributed by atoms with E-state index in [0.29, 0.717) is 23.0 Å². The number of primary amides is 1. The van der Waals surface area contributed by atoms with E-state index in [1.807, 2.05) is 17.9 Å². The van der Waals surface area contributed by atoms with Crippen molar-refractivity contribution in [3.05, 3.63) is 77.2 Å². The van der Waals surface area contributed by atoms with E-state index < -0.39 is 5.91 Å². The molecule has 0 saturated carbocycles. The van der Waals surface area contributed by atoms with E-state index in [1.165, 1.54) is 5.56 Å². The van der Waals surface area contributed by atoms with Gasteiger partial charge in [0.25, 0.3) is 5.91 Å². The van der Waals surface area contributed by atoms with Crippen LogP contribution in [0.2, 0.25) is 0 Å². The minimum atomic E-state index is -0.457. The second-order valence-corrected chi connectivity index (χ2v) is 8.29. The van der Waals surface area contributed by atoms with Crippen molar-refractivity contribution in [2.45, 2.75) is 13.3 Å². The fourth-order valence-corrected chi connectivity index (χ4v) is 4.70. The molecule has 2 fully saturated rings. The van der Waals surface area contributed by atoms with E-state index in [0.717, 1.165) is 44.7 Å². The number of amides is 2. The molecule has 1 radical (unpaired) electrons. The zero-order valence-electron chi connectivity index (χ0n) is 16.9. The van der Waals surface area contributed by atoms with Crippen LogP contribution >= 0.6 is 0 Å². The van der Waals surface area contributed by atoms with Gasteiger partial charge >= 0.3 is 0 Å². The van der Waals surface area contributed by atoms with Crippen LogP contribution in [0.15, 0.2) is 48.5 Å². The summed E-state index contributed by atoms with van der Waals surface area (Å²) in [7, 11) is 0. The van der Waals surface area contributed by atoms with Gasteiger partial charge in [0.05, 0.1) is 0 Å². The lowest BCUT2D eigenvalue weighted by atomic mass is 10.0. The van der Waals surface area contributed by atoms with Gasteiger partial charge in [-0.3, -0.25) is 9.59 Å². The highest BCUT2D eigenvalue weighted by molar-refractivity contribution is 5.98. The summed E-state index contributed by atoms with van der Waals surface area (Å²) >= 11 is 0. The van der Waals surface area contributed by atoms with Gasteiger partial charge in [-0.15, -0.1) is 0 Å². The van der Waals surface area contributed by atoms with E-state index in [1.54, 1.807) is 18.2 Å². The van der Waals surface area contributed by atoms with Crippen LogP contribution in [0.3, 0.4) is 0 Å². The molecule has 2 atom stereocenters. The van der Waals surface area contributed by atoms with E-state index in [9.17, 15) is 9.59 Å². The third-order valence-electron chi connectivity index (χ3n) is 6.21. The van der Waals surface area contributed by atoms with Crippen molar-refractivity contribution in [3.63, 3.8) is 0 Å². The minimum Gasteiger partial charge on any atom is -0.366 e. The topological polar surface area (TPSA) is 66.6 Å². The molecule has 2 aromatic carbocycles. The Morgan fingerprint density at radius 2 is 1.72 bits per heavy atom. The molecule has 2 N–H and O–H groups in total. The largest absolute Gasteiger partial charge is 0.366 e. The number of hydrogen-bond acceptors (Lipinski definition) is 3. The van der Waals surface area contributed by atoms with Gasteiger partial charge in [0.15, 0.2) is 0 Å². The number of nitrogens with two attached hydrogens (primary N) is 1. The Labute approximate surface area is 172 Å². The Bertz CT molecular complexity index is 882. The summed E-state index contributed by atoms with van der Waals surface area (Å²) in [5.74, 6) is 0.715. The van der Waals surface area contributed by atoms with Crippen molar-refractivity contribution in [1.29, 1.82) is 0 Å². The molecule has 2 aliphatic heterocycles. The maximum absolute atomic E-state index is 12.9. The van der Waals surface area contributed by atoms with Crippen molar-refractivity contribution < 1.29 is 9.59 Å². The molecule has 2 heterocycles. The average molecular weight is 391 g/mol. The predicted octanol–water partition coefficient (Wildman–Crippen LogP) is 2.74. The zero-order valence-corrected chi connectivity index (χ0v) is 16.9. The van der Waals surface area contributed by atoms with Crippen molar-refractivity contribution in [1.82, 2.24) is 9.80 Å². The first-order valence-electron chi connectivity index (χ1n) is 10.3. The minimum absolute atomic E-state index is 0.0579. The number of fused-ring (bicyclic) bond motifs is 1. The van der Waals surface area contributed by atoms with Gasteiger partial charge in [-0.25, -0.2) is 0 Å². The lowest BCUT2D eigenvalue weighted by Crippen LogP contribution is -2.33. The van der Waals surface area contributed by atoms with E-state index in [4.69, 9.17) is 5.73 Å². The zero-order chi connectivity index (χ0) is 20.4. The van der Waals surface area contributed by atoms with E-state index >= 15 is 0 Å². The Morgan fingerprint density at radius 3 is 2.34 bits per heavy atom. The molecule has 0 aromatic heterocycles. The van der Waals surface area contributed by atoms with Gasteiger partial charge in [-0.05, 0) is 67.5 Å². The summed E-state index contributed by atoms with van der Waals surface area (Å²) in [6.07, 6.45) is 3.35. The first-order chi connectivity index (χ1) is 14.0. The fraction of sp³-hybridized carbons (Fsp3) is 0.375. The van der Waals surface area contributed by atoms with Gasteiger partial charge in [0, 0.05) is 37.3 Å². The third-order valence-corrected chi connectivity index (χ3v) is 6.21. The summed E-state index contributed by atoms with van der Waals surface area (Å²) < 4.78 is 0. The standard InChI is InChI=1S/C24H28N3O2/c1-17-12-19(9-10-22(17)23(25)28)24(29)27-15-20-13-26(14-21(20)16-27)11-5-8-18-6-3-2-4-7-18/h2-4,6-10,12,20-21H,5,11,13-16H2,1H3,(H2,25,28)/t20-,21?/m0/s1. The molecular weight excluding hydrogens is 362 g/mol. The third kappa shape index (κ3) is 4.35. The molecule has 1 unspecified atom stereocenters. The lowest BCUT2D eigenvalue weighted by Gasteiger charge is -2.22. The molecule has 0 bridgehead atoms. The normalized spacial score (nSPS) is 21.3. The number of nitrogens with zero attached hydrogens (tertiary/aromatic N) is 2. The number of carbonyl (C=O) groups is 2. The van der Waals surface area contributed by atoms with Gasteiger partial charge in [0.2, 0.25) is 5.91 Å². The first-order valence-corrected chi connectivity index (χ1v) is 10.3. The highest BCUT2D eigenvalue weighted by atomic mass is 16.2. The maximum Gasteiger partial charge on any atom is 0.253 e. The van der Waals surface area contributed by atoms with Crippen molar-refractivity contribution in [2.24, 2.45) is 17.6 Å². The predicted molar refractivity (Wildman–Crippen MR) is 113 cm³/mol. The smallest absolute Gasteiger partial charge is 0.253 e. The first kappa shape index (κ1) is 19.6. The van der Waals surface area contributed by atoms with Gasteiger partial charge < -0.3 is 15.5 Å². The lowest BCUT2D eigenvalue weighted by molar-refractivity contribution is 0.0773. The molecule has 4 rings (SSSR count). The number of benzene rings is 2. The molecule has 29 heavy (non-hydrogen) atoms. The average Bonchev–Trinajstić information content (AvgIpc) is 3.26. The SMILES string of the molecule is Cc1cc(C(=O)N2CC3CN(CC[CH]c4ccccc4)C[C@H]3C2)ccc1C(N)=O. The molecule has 5 heteroatoms. The summed E-state index contributed by atoms with van der Waals surface area (Å²) in [5, 5.41) is 0. The molecule has 5 nitrogen and oxygen atoms in total. The van der Waals surface area contributed by atoms with Crippen LogP contribution in [0.4, 0.5) is 0 Å². The monoisotopic (exact) mass is 390 g/mol. The van der Waals surface area contributed by atoms with Gasteiger partial charge in [-0.1, -0.05) is 30.3 Å². The molecule has 0 spiro atoms. The van der Waals surface area contributed by atoms with Crippen LogP contribution in [0, 0.1) is 25.2 Å². The van der Waals surface area contributed by atoms with Crippen molar-refractivity contribution in [2.75, 3.05) is 32.7 Å². The highest BCUT2D eigenvalue weighted by Gasteiger charge is 2.41. The second kappa shape index (κ2) is 8.37. The summed E-state index contributed by atoms with van der Waals surface area (Å²) in [5.41, 5.74) is 8.51. The van der Waals surface area contributed by atoms with E-state index in [2.05, 4.69) is 35.6 Å². The maximum atomic E-state index is 12.9. The van der Waals surface area contributed by atoms with Gasteiger partial charge in [0.1, 0.15) is 0 Å². The Hall–Kier alpha value is -2.66. The van der Waals surface area contributed by atoms with Crippen LogP contribution in [0.25, 0.3) is 0 Å². The number of carbonyl (C=O) groups excluding carboxylic acids is 2. The second-order valence-electron chi connectivity index (χ2n) is 8.29. The fourth-order valence-electron chi connectivity index (χ4n) is 4.70. The summed E-state index contributed by atoms with van der Waals surface area (Å²) in [4.78, 5) is 28.8. The number of aryl methyl sites for hydroxylation is 1. The highest BCUT2D eigenvalue weighted by Crippen LogP contribution is 2.32. The Morgan fingerprint density at radius 1 is 1.03 bits per heavy atom. The molecular formula is C24H28N3O2. The summed E-state index contributed by atoms with van der Waals surface area (Å²) in [6, 6.07) is 15.6. The molecule has 2 saturated heterocycles. The van der Waals surface area contributed by atoms with Crippen molar-refractivity contribution in [3.8, 4) is 0 Å². The summed E-state index contributed by atoms with van der Waals surface area (Å²) in [6.45, 7) is 6.66. The molecule has 0 aliphatic carbocycles. The van der Waals surface area contributed by atoms with Crippen LogP contribution in [-0.4, -0.2) is 54.3 Å². The molecule has 2 amide bonds. The van der Waals surface area contributed by atoms with Gasteiger partial charge in [-0.2, -0.15) is 0 Å².